The molecule has 0 atom stereocenters. The van der Waals surface area contributed by atoms with Gasteiger partial charge in [-0.15, -0.1) is 0 Å². The van der Waals surface area contributed by atoms with Gasteiger partial charge in [-0.3, -0.25) is 9.11 Å². The van der Waals surface area contributed by atoms with Gasteiger partial charge in [0.25, 0.3) is 0 Å². The lowest BCUT2D eigenvalue weighted by Gasteiger charge is -2.21. The summed E-state index contributed by atoms with van der Waals surface area (Å²) in [6, 6.07) is 0.606. The summed E-state index contributed by atoms with van der Waals surface area (Å²) in [5.74, 6) is 0. The van der Waals surface area contributed by atoms with Crippen LogP contribution < -0.4 is 0 Å². The van der Waals surface area contributed by atoms with Gasteiger partial charge in [0.15, 0.2) is 0 Å². The molecule has 0 radical (unpaired) electrons. The van der Waals surface area contributed by atoms with Crippen LogP contribution in [0.3, 0.4) is 0 Å². The van der Waals surface area contributed by atoms with E-state index in [0.717, 1.165) is 13.8 Å². The molecule has 0 unspecified atom stereocenters. The molecule has 0 aromatic heterocycles. The summed E-state index contributed by atoms with van der Waals surface area (Å²) in [5.41, 5.74) is -4.01. The normalized spacial score (nSPS) is 14.2. The van der Waals surface area contributed by atoms with Gasteiger partial charge >= 0.3 is 30.7 Å². The monoisotopic (exact) mass is 366 g/mol. The number of aryl methyl sites for hydroxylation is 2. The van der Waals surface area contributed by atoms with Crippen LogP contribution in [0.15, 0.2) is 12.1 Å². The van der Waals surface area contributed by atoms with Crippen molar-refractivity contribution in [2.75, 3.05) is 0 Å². The number of alkyl halides is 4. The maximum atomic E-state index is 13.6. The zero-order valence-electron chi connectivity index (χ0n) is 11.0. The molecule has 0 bridgehead atoms. The molecule has 1 aromatic carbocycles. The van der Waals surface area contributed by atoms with Crippen molar-refractivity contribution < 1.29 is 43.5 Å². The van der Waals surface area contributed by atoms with E-state index >= 15 is 0 Å². The summed E-state index contributed by atoms with van der Waals surface area (Å²) in [5, 5.41) is -9.54. The molecule has 0 saturated carbocycles. The third kappa shape index (κ3) is 2.95. The highest BCUT2D eigenvalue weighted by Gasteiger charge is 2.50. The van der Waals surface area contributed by atoms with E-state index in [1.165, 1.54) is 0 Å². The zero-order valence-corrected chi connectivity index (χ0v) is 12.6. The first-order chi connectivity index (χ1) is 9.53. The van der Waals surface area contributed by atoms with E-state index in [1.54, 1.807) is 0 Å². The first-order valence-corrected chi connectivity index (χ1v) is 8.23. The van der Waals surface area contributed by atoms with Crippen LogP contribution in [0.5, 0.6) is 0 Å². The fraction of sp³-hybridized carbons (Fsp3) is 0.400. The Balaban J connectivity index is 3.69. The predicted octanol–water partition coefficient (Wildman–Crippen LogP) is 2.18. The first-order valence-electron chi connectivity index (χ1n) is 5.35. The second kappa shape index (κ2) is 5.15. The Labute approximate surface area is 123 Å². The van der Waals surface area contributed by atoms with Gasteiger partial charge in [0.2, 0.25) is 0 Å². The molecule has 2 N–H and O–H groups in total. The van der Waals surface area contributed by atoms with Crippen molar-refractivity contribution in [2.24, 2.45) is 0 Å². The molecule has 126 valence electrons. The predicted molar refractivity (Wildman–Crippen MR) is 66.8 cm³/mol. The highest BCUT2D eigenvalue weighted by Crippen LogP contribution is 2.41. The van der Waals surface area contributed by atoms with Crippen LogP contribution in [-0.2, 0) is 30.7 Å². The SMILES string of the molecule is Cc1cc(C(F)(F)S(=O)(=O)O)c(C)cc1C(F)(F)S(=O)(=O)O. The fourth-order valence-electron chi connectivity index (χ4n) is 1.72. The van der Waals surface area contributed by atoms with Gasteiger partial charge in [0.05, 0.1) is 0 Å². The van der Waals surface area contributed by atoms with Crippen molar-refractivity contribution in [3.63, 3.8) is 0 Å². The first kappa shape index (κ1) is 18.8. The summed E-state index contributed by atoms with van der Waals surface area (Å²) >= 11 is 0. The van der Waals surface area contributed by atoms with Crippen LogP contribution in [0.4, 0.5) is 17.6 Å². The standard InChI is InChI=1S/C10H10F4O6S2/c1-5-3-8(10(13,14)22(18,19)20)6(2)4-7(5)9(11,12)21(15,16)17/h3-4H,1-2H3,(H,15,16,17)(H,18,19,20). The Hall–Kier alpha value is -1.24. The van der Waals surface area contributed by atoms with Gasteiger partial charge in [0, 0.05) is 11.1 Å². The average molecular weight is 366 g/mol. The summed E-state index contributed by atoms with van der Waals surface area (Å²) in [7, 11) is -11.7. The zero-order chi connectivity index (χ0) is 17.7. The molecule has 22 heavy (non-hydrogen) atoms. The largest absolute Gasteiger partial charge is 0.395 e. The maximum absolute atomic E-state index is 13.6. The third-order valence-corrected chi connectivity index (χ3v) is 4.58. The Morgan fingerprint density at radius 2 is 1.00 bits per heavy atom. The van der Waals surface area contributed by atoms with Crippen LogP contribution in [0, 0.1) is 13.8 Å². The number of hydrogen-bond donors (Lipinski definition) is 2. The van der Waals surface area contributed by atoms with E-state index < -0.39 is 53.0 Å². The molecular formula is C10H10F4O6S2. The number of benzene rings is 1. The van der Waals surface area contributed by atoms with E-state index in [0.29, 0.717) is 12.1 Å². The van der Waals surface area contributed by atoms with Crippen molar-refractivity contribution >= 4 is 20.2 Å². The molecule has 12 heteroatoms. The minimum atomic E-state index is -5.86. The molecule has 0 fully saturated rings. The van der Waals surface area contributed by atoms with Crippen LogP contribution in [0.2, 0.25) is 0 Å². The maximum Gasteiger partial charge on any atom is 0.395 e. The van der Waals surface area contributed by atoms with E-state index in [4.69, 9.17) is 9.11 Å². The second-order valence-electron chi connectivity index (χ2n) is 4.47. The van der Waals surface area contributed by atoms with Crippen molar-refractivity contribution in [1.29, 1.82) is 0 Å². The molecule has 6 nitrogen and oxygen atoms in total. The highest BCUT2D eigenvalue weighted by atomic mass is 32.2. The van der Waals surface area contributed by atoms with Crippen molar-refractivity contribution in [3.8, 4) is 0 Å². The molecule has 0 aliphatic carbocycles. The number of hydrogen-bond acceptors (Lipinski definition) is 4. The summed E-state index contributed by atoms with van der Waals surface area (Å²) in [4.78, 5) is 0. The van der Waals surface area contributed by atoms with Crippen LogP contribution in [-0.4, -0.2) is 25.9 Å². The van der Waals surface area contributed by atoms with Crippen LogP contribution in [0.1, 0.15) is 22.3 Å². The molecular weight excluding hydrogens is 356 g/mol. The van der Waals surface area contributed by atoms with Crippen molar-refractivity contribution in [1.82, 2.24) is 0 Å². The van der Waals surface area contributed by atoms with Gasteiger partial charge < -0.3 is 0 Å². The van der Waals surface area contributed by atoms with E-state index in [-0.39, 0.29) is 0 Å². The molecule has 0 aliphatic heterocycles. The van der Waals surface area contributed by atoms with E-state index in [1.807, 2.05) is 0 Å². The Morgan fingerprint density at radius 3 is 1.18 bits per heavy atom. The lowest BCUT2D eigenvalue weighted by molar-refractivity contribution is 0.0740. The van der Waals surface area contributed by atoms with Gasteiger partial charge in [-0.2, -0.15) is 34.4 Å². The molecule has 1 rings (SSSR count). The molecule has 1 aromatic rings. The van der Waals surface area contributed by atoms with Gasteiger partial charge in [-0.25, -0.2) is 0 Å². The molecule has 0 saturated heterocycles. The van der Waals surface area contributed by atoms with Crippen molar-refractivity contribution in [3.05, 3.63) is 34.4 Å². The molecule has 0 heterocycles. The number of halogens is 4. The second-order valence-corrected chi connectivity index (χ2v) is 7.39. The third-order valence-electron chi connectivity index (χ3n) is 2.85. The summed E-state index contributed by atoms with van der Waals surface area (Å²) < 4.78 is 114. The lowest BCUT2D eigenvalue weighted by atomic mass is 10.00. The Kier molecular flexibility index (Phi) is 4.40. The van der Waals surface area contributed by atoms with E-state index in [9.17, 15) is 34.4 Å². The van der Waals surface area contributed by atoms with Crippen LogP contribution >= 0.6 is 0 Å². The quantitative estimate of drug-likeness (QED) is 0.624. The van der Waals surface area contributed by atoms with Gasteiger partial charge in [-0.1, -0.05) is 0 Å². The average Bonchev–Trinajstić information content (AvgIpc) is 2.28. The minimum absolute atomic E-state index is 0.303. The smallest absolute Gasteiger partial charge is 0.281 e. The number of rotatable bonds is 4. The molecule has 0 amide bonds. The Bertz CT molecular complexity index is 744. The molecule has 0 aliphatic rings. The molecule has 0 spiro atoms. The Morgan fingerprint density at radius 1 is 0.773 bits per heavy atom. The fourth-order valence-corrected chi connectivity index (χ4v) is 2.72. The van der Waals surface area contributed by atoms with Crippen molar-refractivity contribution in [2.45, 2.75) is 24.4 Å². The van der Waals surface area contributed by atoms with E-state index in [2.05, 4.69) is 0 Å². The van der Waals surface area contributed by atoms with Crippen LogP contribution in [0.25, 0.3) is 0 Å². The minimum Gasteiger partial charge on any atom is -0.281 e. The lowest BCUT2D eigenvalue weighted by Crippen LogP contribution is -2.29. The topological polar surface area (TPSA) is 109 Å². The van der Waals surface area contributed by atoms with Gasteiger partial charge in [-0.05, 0) is 37.1 Å². The summed E-state index contributed by atoms with van der Waals surface area (Å²) in [6.45, 7) is 1.63. The summed E-state index contributed by atoms with van der Waals surface area (Å²) in [6.07, 6.45) is 0. The highest BCUT2D eigenvalue weighted by molar-refractivity contribution is 7.86. The van der Waals surface area contributed by atoms with Gasteiger partial charge in [0.1, 0.15) is 0 Å².